The molecule has 1 rings (SSSR count). The van der Waals surface area contributed by atoms with Gasteiger partial charge in [-0.1, -0.05) is 17.7 Å². The van der Waals surface area contributed by atoms with E-state index >= 15 is 0 Å². The van der Waals surface area contributed by atoms with Crippen LogP contribution in [-0.4, -0.2) is 33.5 Å². The first-order chi connectivity index (χ1) is 8.74. The summed E-state index contributed by atoms with van der Waals surface area (Å²) in [5.41, 5.74) is 7.22. The quantitative estimate of drug-likeness (QED) is 0.555. The first-order valence-electron chi connectivity index (χ1n) is 5.92. The normalized spacial score (nSPS) is 10.8. The minimum Gasteiger partial charge on any atom is -0.399 e. The molecule has 0 saturated heterocycles. The second-order valence-corrected chi connectivity index (χ2v) is 4.27. The van der Waals surface area contributed by atoms with E-state index in [9.17, 15) is 0 Å². The van der Waals surface area contributed by atoms with E-state index in [2.05, 4.69) is 0 Å². The van der Waals surface area contributed by atoms with E-state index in [1.807, 2.05) is 12.1 Å². The molecule has 0 atom stereocenters. The Morgan fingerprint density at radius 3 is 2.61 bits per heavy atom. The maximum absolute atomic E-state index is 6.03. The molecule has 1 aromatic rings. The summed E-state index contributed by atoms with van der Waals surface area (Å²) in [7, 11) is 1.66. The highest BCUT2D eigenvalue weighted by Crippen LogP contribution is 2.19. The van der Waals surface area contributed by atoms with Gasteiger partial charge >= 0.3 is 0 Å². The van der Waals surface area contributed by atoms with Gasteiger partial charge in [-0.15, -0.1) is 0 Å². The summed E-state index contributed by atoms with van der Waals surface area (Å²) in [6.45, 7) is 3.08. The van der Waals surface area contributed by atoms with Crippen molar-refractivity contribution in [1.29, 1.82) is 0 Å². The second-order valence-electron chi connectivity index (χ2n) is 3.86. The zero-order valence-electron chi connectivity index (χ0n) is 10.7. The Hall–Kier alpha value is -0.810. The summed E-state index contributed by atoms with van der Waals surface area (Å²) >= 11 is 6.03. The molecule has 0 radical (unpaired) electrons. The third-order valence-electron chi connectivity index (χ3n) is 2.34. The van der Waals surface area contributed by atoms with E-state index in [0.29, 0.717) is 43.7 Å². The number of halogens is 1. The largest absolute Gasteiger partial charge is 0.399 e. The van der Waals surface area contributed by atoms with Crippen LogP contribution < -0.4 is 5.73 Å². The van der Waals surface area contributed by atoms with Gasteiger partial charge in [0.25, 0.3) is 0 Å². The van der Waals surface area contributed by atoms with Gasteiger partial charge in [0.05, 0.1) is 19.8 Å². The number of nitrogen functional groups attached to an aromatic ring is 1. The molecule has 5 heteroatoms. The van der Waals surface area contributed by atoms with Gasteiger partial charge in [-0.3, -0.25) is 0 Å². The van der Waals surface area contributed by atoms with Gasteiger partial charge in [0.15, 0.2) is 0 Å². The van der Waals surface area contributed by atoms with Crippen LogP contribution in [0.5, 0.6) is 0 Å². The summed E-state index contributed by atoms with van der Waals surface area (Å²) in [5.74, 6) is 0. The molecule has 2 N–H and O–H groups in total. The molecule has 0 unspecified atom stereocenters. The Morgan fingerprint density at radius 2 is 1.89 bits per heavy atom. The molecule has 0 bridgehead atoms. The van der Waals surface area contributed by atoms with Crippen LogP contribution in [0.25, 0.3) is 0 Å². The van der Waals surface area contributed by atoms with Gasteiger partial charge < -0.3 is 19.9 Å². The molecule has 102 valence electrons. The Labute approximate surface area is 113 Å². The van der Waals surface area contributed by atoms with E-state index in [1.54, 1.807) is 13.2 Å². The Balaban J connectivity index is 2.07. The molecule has 18 heavy (non-hydrogen) atoms. The lowest BCUT2D eigenvalue weighted by atomic mass is 10.2. The Kier molecular flexibility index (Phi) is 7.76. The number of benzene rings is 1. The molecule has 4 nitrogen and oxygen atoms in total. The maximum Gasteiger partial charge on any atom is 0.0731 e. The lowest BCUT2D eigenvalue weighted by molar-refractivity contribution is 0.0483. The standard InChI is InChI=1S/C13H20ClNO3/c1-16-7-8-17-5-2-6-18-10-11-3-4-12(15)9-13(11)14/h3-4,9H,2,5-8,10,15H2,1H3. The summed E-state index contributed by atoms with van der Waals surface area (Å²) in [5, 5.41) is 0.645. The topological polar surface area (TPSA) is 53.7 Å². The number of anilines is 1. The molecule has 1 aromatic carbocycles. The van der Waals surface area contributed by atoms with E-state index in [-0.39, 0.29) is 0 Å². The minimum atomic E-state index is 0.497. The van der Waals surface area contributed by atoms with Gasteiger partial charge in [-0.2, -0.15) is 0 Å². The van der Waals surface area contributed by atoms with E-state index in [0.717, 1.165) is 12.0 Å². The third-order valence-corrected chi connectivity index (χ3v) is 2.70. The molecule has 0 amide bonds. The zero-order valence-corrected chi connectivity index (χ0v) is 11.4. The Bertz CT molecular complexity index is 347. The molecule has 0 aliphatic carbocycles. The van der Waals surface area contributed by atoms with Crippen LogP contribution in [0.1, 0.15) is 12.0 Å². The first-order valence-corrected chi connectivity index (χ1v) is 6.30. The van der Waals surface area contributed by atoms with Crippen molar-refractivity contribution in [3.05, 3.63) is 28.8 Å². The molecule has 0 aliphatic heterocycles. The highest BCUT2D eigenvalue weighted by molar-refractivity contribution is 6.31. The van der Waals surface area contributed by atoms with Crippen molar-refractivity contribution in [2.24, 2.45) is 0 Å². The van der Waals surface area contributed by atoms with Gasteiger partial charge in [0.1, 0.15) is 0 Å². The van der Waals surface area contributed by atoms with Crippen molar-refractivity contribution in [3.63, 3.8) is 0 Å². The molecular formula is C13H20ClNO3. The van der Waals surface area contributed by atoms with Crippen LogP contribution in [0.3, 0.4) is 0 Å². The zero-order chi connectivity index (χ0) is 13.2. The van der Waals surface area contributed by atoms with E-state index < -0.39 is 0 Å². The summed E-state index contributed by atoms with van der Waals surface area (Å²) in [6, 6.07) is 5.43. The van der Waals surface area contributed by atoms with Crippen molar-refractivity contribution in [1.82, 2.24) is 0 Å². The van der Waals surface area contributed by atoms with Crippen LogP contribution in [0.15, 0.2) is 18.2 Å². The van der Waals surface area contributed by atoms with Gasteiger partial charge in [0, 0.05) is 31.0 Å². The smallest absolute Gasteiger partial charge is 0.0731 e. The molecule has 0 fully saturated rings. The van der Waals surface area contributed by atoms with Crippen molar-refractivity contribution < 1.29 is 14.2 Å². The molecule has 0 aliphatic rings. The van der Waals surface area contributed by atoms with Crippen LogP contribution in [0, 0.1) is 0 Å². The monoisotopic (exact) mass is 273 g/mol. The second kappa shape index (κ2) is 9.16. The van der Waals surface area contributed by atoms with Crippen molar-refractivity contribution in [2.45, 2.75) is 13.0 Å². The predicted molar refractivity (Wildman–Crippen MR) is 72.8 cm³/mol. The summed E-state index contributed by atoms with van der Waals surface area (Å²) in [4.78, 5) is 0. The predicted octanol–water partition coefficient (Wildman–Crippen LogP) is 2.49. The van der Waals surface area contributed by atoms with Crippen molar-refractivity contribution in [2.75, 3.05) is 39.3 Å². The van der Waals surface area contributed by atoms with Crippen LogP contribution in [-0.2, 0) is 20.8 Å². The fourth-order valence-corrected chi connectivity index (χ4v) is 1.61. The SMILES string of the molecule is COCCOCCCOCc1ccc(N)cc1Cl. The third kappa shape index (κ3) is 6.21. The summed E-state index contributed by atoms with van der Waals surface area (Å²) in [6.07, 6.45) is 0.857. The van der Waals surface area contributed by atoms with Crippen LogP contribution >= 0.6 is 11.6 Å². The average Bonchev–Trinajstić information content (AvgIpc) is 2.35. The molecule has 0 aromatic heterocycles. The van der Waals surface area contributed by atoms with Gasteiger partial charge in [0.2, 0.25) is 0 Å². The number of ether oxygens (including phenoxy) is 3. The Morgan fingerprint density at radius 1 is 1.11 bits per heavy atom. The van der Waals surface area contributed by atoms with Gasteiger partial charge in [-0.25, -0.2) is 0 Å². The number of nitrogens with two attached hydrogens (primary N) is 1. The highest BCUT2D eigenvalue weighted by Gasteiger charge is 2.00. The van der Waals surface area contributed by atoms with E-state index in [4.69, 9.17) is 31.5 Å². The molecule has 0 saturated carbocycles. The molecule has 0 spiro atoms. The number of methoxy groups -OCH3 is 1. The van der Waals surface area contributed by atoms with Crippen LogP contribution in [0.4, 0.5) is 5.69 Å². The molecular weight excluding hydrogens is 254 g/mol. The maximum atomic E-state index is 6.03. The fraction of sp³-hybridized carbons (Fsp3) is 0.538. The first kappa shape index (κ1) is 15.2. The lowest BCUT2D eigenvalue weighted by Crippen LogP contribution is -2.05. The lowest BCUT2D eigenvalue weighted by Gasteiger charge is -2.07. The van der Waals surface area contributed by atoms with Gasteiger partial charge in [-0.05, 0) is 24.1 Å². The number of hydrogen-bond acceptors (Lipinski definition) is 4. The summed E-state index contributed by atoms with van der Waals surface area (Å²) < 4.78 is 15.7. The van der Waals surface area contributed by atoms with E-state index in [1.165, 1.54) is 0 Å². The van der Waals surface area contributed by atoms with Crippen molar-refractivity contribution in [3.8, 4) is 0 Å². The minimum absolute atomic E-state index is 0.497. The number of rotatable bonds is 9. The number of hydrogen-bond donors (Lipinski definition) is 1. The highest BCUT2D eigenvalue weighted by atomic mass is 35.5. The molecule has 0 heterocycles. The van der Waals surface area contributed by atoms with Crippen molar-refractivity contribution >= 4 is 17.3 Å². The average molecular weight is 274 g/mol. The fourth-order valence-electron chi connectivity index (χ4n) is 1.37. The van der Waals surface area contributed by atoms with Crippen LogP contribution in [0.2, 0.25) is 5.02 Å².